The summed E-state index contributed by atoms with van der Waals surface area (Å²) in [6.07, 6.45) is 1.50. The Balaban J connectivity index is 1.48. The Morgan fingerprint density at radius 2 is 1.97 bits per heavy atom. The van der Waals surface area contributed by atoms with Crippen LogP contribution in [0.5, 0.6) is 0 Å². The molecule has 1 spiro atoms. The van der Waals surface area contributed by atoms with Crippen molar-refractivity contribution in [1.82, 2.24) is 14.8 Å². The van der Waals surface area contributed by atoms with Gasteiger partial charge in [-0.2, -0.15) is 11.8 Å². The highest BCUT2D eigenvalue weighted by atomic mass is 32.2. The first-order chi connectivity index (χ1) is 13.9. The van der Waals surface area contributed by atoms with Crippen molar-refractivity contribution in [2.75, 3.05) is 18.1 Å². The van der Waals surface area contributed by atoms with Crippen molar-refractivity contribution in [3.05, 3.63) is 58.9 Å². The first kappa shape index (κ1) is 19.8. The minimum absolute atomic E-state index is 0.199. The Morgan fingerprint density at radius 1 is 1.21 bits per heavy atom. The summed E-state index contributed by atoms with van der Waals surface area (Å²) in [4.78, 5) is 39.2. The molecule has 1 atom stereocenters. The first-order valence-electron chi connectivity index (χ1n) is 9.87. The number of urea groups is 1. The highest BCUT2D eigenvalue weighted by molar-refractivity contribution is 7.99. The van der Waals surface area contributed by atoms with Gasteiger partial charge in [-0.25, -0.2) is 4.79 Å². The van der Waals surface area contributed by atoms with E-state index in [-0.39, 0.29) is 18.2 Å². The third-order valence-electron chi connectivity index (χ3n) is 5.91. The Hall–Kier alpha value is -2.54. The van der Waals surface area contributed by atoms with Gasteiger partial charge in [-0.1, -0.05) is 30.3 Å². The van der Waals surface area contributed by atoms with E-state index in [4.69, 9.17) is 0 Å². The van der Waals surface area contributed by atoms with Crippen LogP contribution in [0.15, 0.2) is 36.4 Å². The third-order valence-corrected chi connectivity index (χ3v) is 7.10. The second kappa shape index (κ2) is 7.71. The molecule has 0 aliphatic carbocycles. The van der Waals surface area contributed by atoms with E-state index < -0.39 is 11.6 Å². The summed E-state index contributed by atoms with van der Waals surface area (Å²) in [6, 6.07) is 11.6. The van der Waals surface area contributed by atoms with Gasteiger partial charge in [0.05, 0.1) is 6.54 Å². The molecule has 6 nitrogen and oxygen atoms in total. The van der Waals surface area contributed by atoms with Gasteiger partial charge in [-0.15, -0.1) is 0 Å². The van der Waals surface area contributed by atoms with Crippen molar-refractivity contribution >= 4 is 29.5 Å². The SMILES string of the molecule is Cc1cc(C(=O)CN2C(=O)NC3(CCSC3)C2=O)c(C)n1CCc1ccccc1. The van der Waals surface area contributed by atoms with E-state index in [9.17, 15) is 14.4 Å². The number of imide groups is 1. The van der Waals surface area contributed by atoms with Crippen LogP contribution in [-0.4, -0.2) is 50.8 Å². The molecule has 7 heteroatoms. The van der Waals surface area contributed by atoms with Gasteiger partial charge in [0.15, 0.2) is 5.78 Å². The maximum absolute atomic E-state index is 13.0. The zero-order valence-electron chi connectivity index (χ0n) is 16.7. The summed E-state index contributed by atoms with van der Waals surface area (Å²) in [7, 11) is 0. The number of hydrogen-bond acceptors (Lipinski definition) is 4. The zero-order valence-corrected chi connectivity index (χ0v) is 17.6. The number of carbonyl (C=O) groups is 3. The number of aromatic nitrogens is 1. The quantitative estimate of drug-likeness (QED) is 0.586. The molecule has 29 heavy (non-hydrogen) atoms. The van der Waals surface area contributed by atoms with Crippen LogP contribution in [0, 0.1) is 13.8 Å². The molecule has 1 aromatic carbocycles. The van der Waals surface area contributed by atoms with E-state index >= 15 is 0 Å². The maximum Gasteiger partial charge on any atom is 0.325 e. The van der Waals surface area contributed by atoms with Gasteiger partial charge in [0.25, 0.3) is 5.91 Å². The lowest BCUT2D eigenvalue weighted by Crippen LogP contribution is -2.47. The lowest BCUT2D eigenvalue weighted by atomic mass is 9.99. The molecule has 2 fully saturated rings. The predicted molar refractivity (Wildman–Crippen MR) is 113 cm³/mol. The molecule has 1 unspecified atom stereocenters. The predicted octanol–water partition coefficient (Wildman–Crippen LogP) is 2.96. The molecule has 0 saturated carbocycles. The number of nitrogens with zero attached hydrogens (tertiary/aromatic N) is 2. The fourth-order valence-electron chi connectivity index (χ4n) is 4.19. The first-order valence-corrected chi connectivity index (χ1v) is 11.0. The summed E-state index contributed by atoms with van der Waals surface area (Å²) in [6.45, 7) is 4.47. The highest BCUT2D eigenvalue weighted by Gasteiger charge is 2.53. The second-order valence-corrected chi connectivity index (χ2v) is 8.91. The van der Waals surface area contributed by atoms with E-state index in [0.717, 1.165) is 35.0 Å². The van der Waals surface area contributed by atoms with Crippen LogP contribution in [0.25, 0.3) is 0 Å². The molecule has 1 aromatic heterocycles. The van der Waals surface area contributed by atoms with Gasteiger partial charge >= 0.3 is 6.03 Å². The molecule has 1 N–H and O–H groups in total. The monoisotopic (exact) mass is 411 g/mol. The smallest absolute Gasteiger partial charge is 0.325 e. The molecule has 0 radical (unpaired) electrons. The van der Waals surface area contributed by atoms with Crippen molar-refractivity contribution in [2.24, 2.45) is 0 Å². The van der Waals surface area contributed by atoms with E-state index in [1.165, 1.54) is 5.56 Å². The molecule has 2 aliphatic heterocycles. The van der Waals surface area contributed by atoms with Crippen LogP contribution >= 0.6 is 11.8 Å². The van der Waals surface area contributed by atoms with E-state index in [2.05, 4.69) is 22.0 Å². The van der Waals surface area contributed by atoms with E-state index in [1.54, 1.807) is 11.8 Å². The zero-order chi connectivity index (χ0) is 20.6. The van der Waals surface area contributed by atoms with Gasteiger partial charge in [0, 0.05) is 29.2 Å². The molecule has 0 bridgehead atoms. The van der Waals surface area contributed by atoms with Crippen LogP contribution in [0.2, 0.25) is 0 Å². The van der Waals surface area contributed by atoms with Gasteiger partial charge in [0.2, 0.25) is 0 Å². The summed E-state index contributed by atoms with van der Waals surface area (Å²) < 4.78 is 2.13. The lowest BCUT2D eigenvalue weighted by Gasteiger charge is -2.19. The van der Waals surface area contributed by atoms with Crippen LogP contribution in [0.1, 0.15) is 33.7 Å². The second-order valence-electron chi connectivity index (χ2n) is 7.80. The summed E-state index contributed by atoms with van der Waals surface area (Å²) in [5.74, 6) is 0.959. The Morgan fingerprint density at radius 3 is 2.66 bits per heavy atom. The molecule has 152 valence electrons. The molecule has 2 aromatic rings. The topological polar surface area (TPSA) is 71.4 Å². The molecule has 2 aliphatic rings. The number of thioether (sulfide) groups is 1. The molecule has 4 rings (SSSR count). The van der Waals surface area contributed by atoms with Gasteiger partial charge in [-0.3, -0.25) is 14.5 Å². The van der Waals surface area contributed by atoms with Crippen molar-refractivity contribution < 1.29 is 14.4 Å². The highest BCUT2D eigenvalue weighted by Crippen LogP contribution is 2.33. The number of ketones is 1. The fourth-order valence-corrected chi connectivity index (χ4v) is 5.52. The third kappa shape index (κ3) is 3.59. The Bertz CT molecular complexity index is 961. The van der Waals surface area contributed by atoms with Gasteiger partial charge < -0.3 is 9.88 Å². The van der Waals surface area contributed by atoms with E-state index in [0.29, 0.717) is 17.7 Å². The molecular weight excluding hydrogens is 386 g/mol. The molecular formula is C22H25N3O3S. The van der Waals surface area contributed by atoms with E-state index in [1.807, 2.05) is 38.1 Å². The number of rotatable bonds is 6. The van der Waals surface area contributed by atoms with Gasteiger partial charge in [0.1, 0.15) is 5.54 Å². The summed E-state index contributed by atoms with van der Waals surface area (Å²) >= 11 is 1.65. The average molecular weight is 412 g/mol. The largest absolute Gasteiger partial charge is 0.348 e. The van der Waals surface area contributed by atoms with Crippen LogP contribution in [0.3, 0.4) is 0 Å². The summed E-state index contributed by atoms with van der Waals surface area (Å²) in [5.41, 5.74) is 2.89. The lowest BCUT2D eigenvalue weighted by molar-refractivity contribution is -0.130. The van der Waals surface area contributed by atoms with Crippen LogP contribution in [0.4, 0.5) is 4.79 Å². The Labute approximate surface area is 174 Å². The van der Waals surface area contributed by atoms with Crippen molar-refractivity contribution in [3.63, 3.8) is 0 Å². The number of aryl methyl sites for hydroxylation is 2. The van der Waals surface area contributed by atoms with Crippen LogP contribution < -0.4 is 5.32 Å². The minimum Gasteiger partial charge on any atom is -0.348 e. The standard InChI is InChI=1S/C22H25N3O3S/c1-15-12-18(16(2)24(15)10-8-17-6-4-3-5-7-17)19(26)13-25-20(27)22(23-21(25)28)9-11-29-14-22/h3-7,12H,8-11,13-14H2,1-2H3,(H,23,28). The maximum atomic E-state index is 13.0. The number of benzene rings is 1. The minimum atomic E-state index is -0.811. The normalized spacial score (nSPS) is 21.2. The van der Waals surface area contributed by atoms with Crippen molar-refractivity contribution in [3.8, 4) is 0 Å². The summed E-state index contributed by atoms with van der Waals surface area (Å²) in [5, 5.41) is 2.81. The van der Waals surface area contributed by atoms with Crippen molar-refractivity contribution in [2.45, 2.75) is 38.8 Å². The Kier molecular flexibility index (Phi) is 5.25. The molecule has 3 heterocycles. The molecule has 2 saturated heterocycles. The fraction of sp³-hybridized carbons (Fsp3) is 0.409. The van der Waals surface area contributed by atoms with Gasteiger partial charge in [-0.05, 0) is 44.1 Å². The number of carbonyl (C=O) groups excluding carboxylic acids is 3. The number of Topliss-reactive ketones (excluding diaryl/α,β-unsaturated/α-hetero) is 1. The number of nitrogens with one attached hydrogen (secondary N) is 1. The average Bonchev–Trinajstić information content (AvgIpc) is 3.35. The van der Waals surface area contributed by atoms with Crippen LogP contribution in [-0.2, 0) is 17.8 Å². The molecule has 3 amide bonds. The number of hydrogen-bond donors (Lipinski definition) is 1. The number of amides is 3. The van der Waals surface area contributed by atoms with Crippen molar-refractivity contribution in [1.29, 1.82) is 0 Å².